The van der Waals surface area contributed by atoms with Crippen molar-refractivity contribution in [2.75, 3.05) is 0 Å². The van der Waals surface area contributed by atoms with Crippen molar-refractivity contribution in [3.05, 3.63) is 11.7 Å². The van der Waals surface area contributed by atoms with Gasteiger partial charge in [0.25, 0.3) is 5.82 Å². The van der Waals surface area contributed by atoms with Gasteiger partial charge in [-0.25, -0.2) is 13.1 Å². The molecular weight excluding hydrogens is 275 g/mol. The molecule has 0 bridgehead atoms. The smallest absolute Gasteiger partial charge is 0.337 e. The third-order valence-electron chi connectivity index (χ3n) is 2.37. The molecule has 10 heteroatoms. The molecule has 0 spiro atoms. The molecule has 1 aliphatic carbocycles. The highest BCUT2D eigenvalue weighted by atomic mass is 32.2. The zero-order valence-electron chi connectivity index (χ0n) is 9.23. The highest BCUT2D eigenvalue weighted by molar-refractivity contribution is 7.90. The first kappa shape index (κ1) is 13.3. The predicted octanol–water partition coefficient (Wildman–Crippen LogP) is 1.23. The van der Waals surface area contributed by atoms with E-state index in [9.17, 15) is 21.6 Å². The average molecular weight is 285 g/mol. The van der Waals surface area contributed by atoms with E-state index in [2.05, 4.69) is 19.4 Å². The van der Waals surface area contributed by atoms with E-state index in [1.807, 2.05) is 0 Å². The van der Waals surface area contributed by atoms with Gasteiger partial charge in [-0.2, -0.15) is 18.2 Å². The summed E-state index contributed by atoms with van der Waals surface area (Å²) in [6.07, 6.45) is -3.60. The third kappa shape index (κ3) is 2.80. The van der Waals surface area contributed by atoms with Gasteiger partial charge in [0.15, 0.2) is 0 Å². The van der Waals surface area contributed by atoms with Crippen LogP contribution in [0.2, 0.25) is 0 Å². The molecule has 0 amide bonds. The van der Waals surface area contributed by atoms with Crippen LogP contribution in [0.3, 0.4) is 0 Å². The van der Waals surface area contributed by atoms with E-state index in [1.54, 1.807) is 0 Å². The molecule has 2 rings (SSSR count). The Morgan fingerprint density at radius 3 is 2.50 bits per heavy atom. The summed E-state index contributed by atoms with van der Waals surface area (Å²) in [4.78, 5) is 3.12. The number of rotatable bonds is 4. The molecule has 1 unspecified atom stereocenters. The molecule has 1 heterocycles. The molecule has 1 N–H and O–H groups in total. The SMILES string of the molecule is CC(NS(=O)(=O)C1CC1)c1nc(C(F)(F)F)no1. The van der Waals surface area contributed by atoms with Crippen LogP contribution < -0.4 is 4.72 Å². The van der Waals surface area contributed by atoms with E-state index in [4.69, 9.17) is 0 Å². The minimum atomic E-state index is -4.71. The average Bonchev–Trinajstić information content (AvgIpc) is 2.94. The lowest BCUT2D eigenvalue weighted by Crippen LogP contribution is -2.30. The Morgan fingerprint density at radius 1 is 1.44 bits per heavy atom. The van der Waals surface area contributed by atoms with Crippen LogP contribution >= 0.6 is 0 Å². The maximum Gasteiger partial charge on any atom is 0.455 e. The Morgan fingerprint density at radius 2 is 2.06 bits per heavy atom. The fraction of sp³-hybridized carbons (Fsp3) is 0.750. The van der Waals surface area contributed by atoms with Gasteiger partial charge in [-0.1, -0.05) is 5.16 Å². The highest BCUT2D eigenvalue weighted by Crippen LogP contribution is 2.30. The van der Waals surface area contributed by atoms with Gasteiger partial charge in [-0.3, -0.25) is 0 Å². The van der Waals surface area contributed by atoms with Crippen LogP contribution in [-0.4, -0.2) is 23.8 Å². The number of nitrogens with zero attached hydrogens (tertiary/aromatic N) is 2. The molecule has 0 aromatic carbocycles. The molecule has 1 fully saturated rings. The zero-order valence-corrected chi connectivity index (χ0v) is 10.0. The summed E-state index contributed by atoms with van der Waals surface area (Å²) >= 11 is 0. The highest BCUT2D eigenvalue weighted by Gasteiger charge is 2.40. The lowest BCUT2D eigenvalue weighted by atomic mass is 10.4. The summed E-state index contributed by atoms with van der Waals surface area (Å²) < 4.78 is 66.4. The number of alkyl halides is 3. The molecule has 18 heavy (non-hydrogen) atoms. The number of hydrogen-bond acceptors (Lipinski definition) is 5. The van der Waals surface area contributed by atoms with Crippen LogP contribution in [0.1, 0.15) is 37.5 Å². The van der Waals surface area contributed by atoms with E-state index in [0.29, 0.717) is 12.8 Å². The van der Waals surface area contributed by atoms with Crippen LogP contribution in [-0.2, 0) is 16.2 Å². The number of nitrogens with one attached hydrogen (secondary N) is 1. The van der Waals surface area contributed by atoms with Crippen LogP contribution in [0.4, 0.5) is 13.2 Å². The van der Waals surface area contributed by atoms with E-state index in [-0.39, 0.29) is 0 Å². The quantitative estimate of drug-likeness (QED) is 0.899. The minimum Gasteiger partial charge on any atom is -0.337 e. The number of aromatic nitrogens is 2. The number of halogens is 3. The molecule has 1 aromatic rings. The molecule has 1 aromatic heterocycles. The fourth-order valence-electron chi connectivity index (χ4n) is 1.30. The summed E-state index contributed by atoms with van der Waals surface area (Å²) in [6, 6.07) is -0.987. The number of sulfonamides is 1. The van der Waals surface area contributed by atoms with Crippen LogP contribution in [0.15, 0.2) is 4.52 Å². The molecule has 1 atom stereocenters. The molecule has 0 aliphatic heterocycles. The Bertz CT molecular complexity index is 535. The van der Waals surface area contributed by atoms with Crippen LogP contribution in [0.25, 0.3) is 0 Å². The van der Waals surface area contributed by atoms with Crippen molar-refractivity contribution >= 4 is 10.0 Å². The summed E-state index contributed by atoms with van der Waals surface area (Å²) in [6.45, 7) is 1.34. The Hall–Kier alpha value is -1.16. The molecule has 1 aliphatic rings. The topological polar surface area (TPSA) is 85.1 Å². The van der Waals surface area contributed by atoms with E-state index >= 15 is 0 Å². The van der Waals surface area contributed by atoms with Crippen LogP contribution in [0, 0.1) is 0 Å². The van der Waals surface area contributed by atoms with Crippen molar-refractivity contribution in [2.45, 2.75) is 37.2 Å². The summed E-state index contributed by atoms with van der Waals surface area (Å²) in [5.41, 5.74) is 0. The molecule has 1 saturated carbocycles. The van der Waals surface area contributed by atoms with Gasteiger partial charge in [0, 0.05) is 0 Å². The first-order valence-corrected chi connectivity index (χ1v) is 6.67. The summed E-state index contributed by atoms with van der Waals surface area (Å²) in [5.74, 6) is -1.83. The maximum atomic E-state index is 12.2. The minimum absolute atomic E-state index is 0.411. The molecule has 102 valence electrons. The van der Waals surface area contributed by atoms with Crippen molar-refractivity contribution in [1.82, 2.24) is 14.9 Å². The maximum absolute atomic E-state index is 12.2. The van der Waals surface area contributed by atoms with Gasteiger partial charge in [0.1, 0.15) is 0 Å². The van der Waals surface area contributed by atoms with Gasteiger partial charge in [0.05, 0.1) is 11.3 Å². The monoisotopic (exact) mass is 285 g/mol. The van der Waals surface area contributed by atoms with Crippen molar-refractivity contribution in [1.29, 1.82) is 0 Å². The van der Waals surface area contributed by atoms with Crippen molar-refractivity contribution in [3.63, 3.8) is 0 Å². The van der Waals surface area contributed by atoms with E-state index < -0.39 is 39.2 Å². The van der Waals surface area contributed by atoms with Gasteiger partial charge >= 0.3 is 6.18 Å². The third-order valence-corrected chi connectivity index (χ3v) is 4.40. The van der Waals surface area contributed by atoms with Crippen molar-refractivity contribution in [2.24, 2.45) is 0 Å². The van der Waals surface area contributed by atoms with Crippen molar-refractivity contribution < 1.29 is 26.1 Å². The fourth-order valence-corrected chi connectivity index (χ4v) is 2.84. The van der Waals surface area contributed by atoms with E-state index in [0.717, 1.165) is 0 Å². The summed E-state index contributed by atoms with van der Waals surface area (Å²) in [7, 11) is -3.52. The second-order valence-corrected chi connectivity index (χ2v) is 6.03. The Labute approximate surface area is 101 Å². The van der Waals surface area contributed by atoms with Gasteiger partial charge in [-0.15, -0.1) is 0 Å². The molecular formula is C8H10F3N3O3S. The Kier molecular flexibility index (Phi) is 3.09. The lowest BCUT2D eigenvalue weighted by molar-refractivity contribution is -0.146. The molecule has 0 radical (unpaired) electrons. The largest absolute Gasteiger partial charge is 0.455 e. The Balaban J connectivity index is 2.09. The molecule has 0 saturated heterocycles. The normalized spacial score (nSPS) is 18.9. The first-order valence-electron chi connectivity index (χ1n) is 5.12. The molecule has 6 nitrogen and oxygen atoms in total. The summed E-state index contributed by atoms with van der Waals surface area (Å²) in [5, 5.41) is 2.29. The first-order chi connectivity index (χ1) is 8.20. The van der Waals surface area contributed by atoms with Gasteiger partial charge < -0.3 is 4.52 Å². The number of hydrogen-bond donors (Lipinski definition) is 1. The zero-order chi connectivity index (χ0) is 13.6. The van der Waals surface area contributed by atoms with E-state index in [1.165, 1.54) is 6.92 Å². The van der Waals surface area contributed by atoms with Crippen LogP contribution in [0.5, 0.6) is 0 Å². The van der Waals surface area contributed by atoms with Gasteiger partial charge in [-0.05, 0) is 19.8 Å². The standard InChI is InChI=1S/C8H10F3N3O3S/c1-4(14-18(15,16)5-2-3-5)6-12-7(13-17-6)8(9,10)11/h4-5,14H,2-3H2,1H3. The lowest BCUT2D eigenvalue weighted by Gasteiger charge is -2.09. The van der Waals surface area contributed by atoms with Crippen molar-refractivity contribution in [3.8, 4) is 0 Å². The second kappa shape index (κ2) is 4.19. The predicted molar refractivity (Wildman–Crippen MR) is 52.8 cm³/mol. The second-order valence-electron chi connectivity index (χ2n) is 4.04. The van der Waals surface area contributed by atoms with Gasteiger partial charge in [0.2, 0.25) is 15.9 Å².